The summed E-state index contributed by atoms with van der Waals surface area (Å²) in [4.78, 5) is 2.36. The van der Waals surface area contributed by atoms with Crippen LogP contribution in [0.3, 0.4) is 0 Å². The van der Waals surface area contributed by atoms with Crippen LogP contribution in [0, 0.1) is 0 Å². The second kappa shape index (κ2) is 5.98. The number of nitrogens with one attached hydrogen (secondary N) is 1. The van der Waals surface area contributed by atoms with Crippen molar-refractivity contribution in [3.63, 3.8) is 0 Å². The van der Waals surface area contributed by atoms with Crippen LogP contribution in [-0.4, -0.2) is 18.5 Å². The number of nitrogens with zero attached hydrogens (tertiary/aromatic N) is 1. The first kappa shape index (κ1) is 13.7. The molecule has 3 rings (SSSR count). The quantitative estimate of drug-likeness (QED) is 0.909. The number of fused-ring (bicyclic) bond motifs is 1. The molecule has 0 bridgehead atoms. The Kier molecular flexibility index (Phi) is 4.08. The molecule has 1 aliphatic rings. The molecular weight excluding hydrogens is 312 g/mol. The number of benzene rings is 2. The Hall–Kier alpha value is -1.32. The van der Waals surface area contributed by atoms with Crippen molar-refractivity contribution in [1.29, 1.82) is 0 Å². The minimum Gasteiger partial charge on any atom is -0.384 e. The molecule has 0 amide bonds. The second-order valence-electron chi connectivity index (χ2n) is 5.39. The number of halogens is 1. The largest absolute Gasteiger partial charge is 0.384 e. The lowest BCUT2D eigenvalue weighted by atomic mass is 10.1. The number of anilines is 1. The standard InChI is InChI=1S/C17H19BrN2/c1-20(11-14-5-2-3-8-16(14)18)12-15-7-4-6-13-9-10-19-17(13)15/h2-8,19H,9-12H2,1H3. The van der Waals surface area contributed by atoms with E-state index >= 15 is 0 Å². The normalized spacial score (nSPS) is 13.3. The van der Waals surface area contributed by atoms with E-state index < -0.39 is 0 Å². The van der Waals surface area contributed by atoms with Gasteiger partial charge in [-0.25, -0.2) is 0 Å². The van der Waals surface area contributed by atoms with Gasteiger partial charge in [0.1, 0.15) is 0 Å². The molecule has 2 nitrogen and oxygen atoms in total. The summed E-state index contributed by atoms with van der Waals surface area (Å²) < 4.78 is 1.18. The van der Waals surface area contributed by atoms with E-state index in [0.29, 0.717) is 0 Å². The number of para-hydroxylation sites is 1. The molecule has 0 aromatic heterocycles. The summed E-state index contributed by atoms with van der Waals surface area (Å²) in [7, 11) is 2.17. The Bertz CT molecular complexity index is 610. The maximum absolute atomic E-state index is 3.62. The molecule has 0 fully saturated rings. The highest BCUT2D eigenvalue weighted by Crippen LogP contribution is 2.27. The van der Waals surface area contributed by atoms with Gasteiger partial charge in [-0.1, -0.05) is 52.3 Å². The number of hydrogen-bond donors (Lipinski definition) is 1. The Morgan fingerprint density at radius 2 is 1.80 bits per heavy atom. The molecule has 1 heterocycles. The highest BCUT2D eigenvalue weighted by atomic mass is 79.9. The van der Waals surface area contributed by atoms with Crippen LogP contribution in [0.1, 0.15) is 16.7 Å². The Labute approximate surface area is 128 Å². The van der Waals surface area contributed by atoms with Crippen LogP contribution < -0.4 is 5.32 Å². The Morgan fingerprint density at radius 1 is 1.05 bits per heavy atom. The van der Waals surface area contributed by atoms with Gasteiger partial charge < -0.3 is 5.32 Å². The van der Waals surface area contributed by atoms with Gasteiger partial charge in [0.05, 0.1) is 0 Å². The highest BCUT2D eigenvalue weighted by molar-refractivity contribution is 9.10. The van der Waals surface area contributed by atoms with Crippen LogP contribution in [0.4, 0.5) is 5.69 Å². The van der Waals surface area contributed by atoms with Crippen molar-refractivity contribution in [1.82, 2.24) is 4.90 Å². The topological polar surface area (TPSA) is 15.3 Å². The molecule has 0 radical (unpaired) electrons. The summed E-state index contributed by atoms with van der Waals surface area (Å²) in [5.41, 5.74) is 5.54. The Balaban J connectivity index is 1.72. The third-order valence-corrected chi connectivity index (χ3v) is 4.55. The predicted molar refractivity (Wildman–Crippen MR) is 87.9 cm³/mol. The molecule has 0 unspecified atom stereocenters. The highest BCUT2D eigenvalue weighted by Gasteiger charge is 2.14. The molecule has 0 spiro atoms. The third-order valence-electron chi connectivity index (χ3n) is 3.77. The fourth-order valence-electron chi connectivity index (χ4n) is 2.81. The van der Waals surface area contributed by atoms with Crippen molar-refractivity contribution >= 4 is 21.6 Å². The van der Waals surface area contributed by atoms with Crippen LogP contribution in [0.2, 0.25) is 0 Å². The predicted octanol–water partition coefficient (Wildman–Crippen LogP) is 4.05. The first-order valence-electron chi connectivity index (χ1n) is 7.00. The van der Waals surface area contributed by atoms with Crippen molar-refractivity contribution in [2.75, 3.05) is 18.9 Å². The van der Waals surface area contributed by atoms with Gasteiger partial charge >= 0.3 is 0 Å². The van der Waals surface area contributed by atoms with E-state index in [9.17, 15) is 0 Å². The summed E-state index contributed by atoms with van der Waals surface area (Å²) in [6, 6.07) is 15.1. The molecule has 0 aliphatic carbocycles. The van der Waals surface area contributed by atoms with Crippen LogP contribution in [0.5, 0.6) is 0 Å². The van der Waals surface area contributed by atoms with Gasteiger partial charge in [0.25, 0.3) is 0 Å². The van der Waals surface area contributed by atoms with Gasteiger partial charge in [0.2, 0.25) is 0 Å². The van der Waals surface area contributed by atoms with E-state index in [-0.39, 0.29) is 0 Å². The lowest BCUT2D eigenvalue weighted by molar-refractivity contribution is 0.319. The van der Waals surface area contributed by atoms with Crippen LogP contribution in [-0.2, 0) is 19.5 Å². The number of rotatable bonds is 4. The van der Waals surface area contributed by atoms with Crippen molar-refractivity contribution in [3.8, 4) is 0 Å². The monoisotopic (exact) mass is 330 g/mol. The van der Waals surface area contributed by atoms with Crippen molar-refractivity contribution in [2.24, 2.45) is 0 Å². The second-order valence-corrected chi connectivity index (χ2v) is 6.25. The van der Waals surface area contributed by atoms with Gasteiger partial charge in [-0.2, -0.15) is 0 Å². The molecular formula is C17H19BrN2. The lowest BCUT2D eigenvalue weighted by Gasteiger charge is -2.19. The zero-order valence-electron chi connectivity index (χ0n) is 11.7. The van der Waals surface area contributed by atoms with Gasteiger partial charge in [-0.3, -0.25) is 4.90 Å². The maximum Gasteiger partial charge on any atom is 0.0419 e. The summed E-state index contributed by atoms with van der Waals surface area (Å²) in [6.07, 6.45) is 1.15. The van der Waals surface area contributed by atoms with E-state index in [4.69, 9.17) is 0 Å². The fraction of sp³-hybridized carbons (Fsp3) is 0.294. The number of hydrogen-bond acceptors (Lipinski definition) is 2. The van der Waals surface area contributed by atoms with Gasteiger partial charge in [0.15, 0.2) is 0 Å². The van der Waals surface area contributed by atoms with Crippen LogP contribution >= 0.6 is 15.9 Å². The maximum atomic E-state index is 3.62. The summed E-state index contributed by atoms with van der Waals surface area (Å²) in [6.45, 7) is 2.99. The first-order valence-corrected chi connectivity index (χ1v) is 7.80. The van der Waals surface area contributed by atoms with Crippen LogP contribution in [0.15, 0.2) is 46.9 Å². The average Bonchev–Trinajstić information content (AvgIpc) is 2.91. The third kappa shape index (κ3) is 2.89. The molecule has 2 aromatic carbocycles. The van der Waals surface area contributed by atoms with Crippen molar-refractivity contribution < 1.29 is 0 Å². The van der Waals surface area contributed by atoms with Crippen molar-refractivity contribution in [2.45, 2.75) is 19.5 Å². The zero-order valence-corrected chi connectivity index (χ0v) is 13.3. The lowest BCUT2D eigenvalue weighted by Crippen LogP contribution is -2.18. The van der Waals surface area contributed by atoms with Crippen LogP contribution in [0.25, 0.3) is 0 Å². The summed E-state index contributed by atoms with van der Waals surface area (Å²) in [5, 5.41) is 3.51. The molecule has 20 heavy (non-hydrogen) atoms. The smallest absolute Gasteiger partial charge is 0.0419 e. The van der Waals surface area contributed by atoms with E-state index in [0.717, 1.165) is 26.1 Å². The molecule has 0 saturated heterocycles. The first-order chi connectivity index (χ1) is 9.74. The molecule has 104 valence electrons. The van der Waals surface area contributed by atoms with E-state index in [1.54, 1.807) is 0 Å². The zero-order chi connectivity index (χ0) is 13.9. The Morgan fingerprint density at radius 3 is 2.65 bits per heavy atom. The van der Waals surface area contributed by atoms with Crippen molar-refractivity contribution in [3.05, 3.63) is 63.6 Å². The minimum absolute atomic E-state index is 0.949. The van der Waals surface area contributed by atoms with Gasteiger partial charge in [0, 0.05) is 29.8 Å². The van der Waals surface area contributed by atoms with Gasteiger partial charge in [-0.05, 0) is 36.2 Å². The SMILES string of the molecule is CN(Cc1ccccc1Br)Cc1cccc2c1NCC2. The van der Waals surface area contributed by atoms with Gasteiger partial charge in [-0.15, -0.1) is 0 Å². The van der Waals surface area contributed by atoms with E-state index in [1.807, 2.05) is 0 Å². The molecule has 1 aliphatic heterocycles. The summed E-state index contributed by atoms with van der Waals surface area (Å²) in [5.74, 6) is 0. The molecule has 0 saturated carbocycles. The molecule has 3 heteroatoms. The molecule has 1 N–H and O–H groups in total. The fourth-order valence-corrected chi connectivity index (χ4v) is 3.22. The molecule has 2 aromatic rings. The molecule has 0 atom stereocenters. The average molecular weight is 331 g/mol. The van der Waals surface area contributed by atoms with E-state index in [1.165, 1.54) is 26.9 Å². The summed E-state index contributed by atoms with van der Waals surface area (Å²) >= 11 is 3.62. The van der Waals surface area contributed by atoms with E-state index in [2.05, 4.69) is 75.7 Å². The minimum atomic E-state index is 0.949.